The summed E-state index contributed by atoms with van der Waals surface area (Å²) in [5.41, 5.74) is 0.580. The first-order valence-electron chi connectivity index (χ1n) is 8.77. The van der Waals surface area contributed by atoms with Crippen molar-refractivity contribution in [2.75, 3.05) is 33.3 Å². The van der Waals surface area contributed by atoms with E-state index < -0.39 is 0 Å². The molecule has 0 radical (unpaired) electrons. The molecule has 7 nitrogen and oxygen atoms in total. The van der Waals surface area contributed by atoms with Crippen LogP contribution in [0.2, 0.25) is 5.02 Å². The van der Waals surface area contributed by atoms with Gasteiger partial charge in [-0.3, -0.25) is 9.79 Å². The normalized spacial score (nSPS) is 10.9. The minimum Gasteiger partial charge on any atom is -0.467 e. The number of guanidine groups is 1. The fourth-order valence-corrected chi connectivity index (χ4v) is 2.36. The molecule has 0 saturated heterocycles. The molecule has 154 valence electrons. The van der Waals surface area contributed by atoms with Crippen molar-refractivity contribution in [1.29, 1.82) is 0 Å². The Bertz CT molecular complexity index is 708. The molecular weight excluding hydrogens is 495 g/mol. The molecule has 28 heavy (non-hydrogen) atoms. The van der Waals surface area contributed by atoms with Gasteiger partial charge in [-0.2, -0.15) is 0 Å². The fraction of sp³-hybridized carbons (Fsp3) is 0.368. The Hall–Kier alpha value is -1.78. The van der Waals surface area contributed by atoms with Crippen LogP contribution in [0.5, 0.6) is 0 Å². The number of hydrogen-bond acceptors (Lipinski definition) is 4. The van der Waals surface area contributed by atoms with Gasteiger partial charge in [-0.25, -0.2) is 0 Å². The summed E-state index contributed by atoms with van der Waals surface area (Å²) < 4.78 is 10.7. The van der Waals surface area contributed by atoms with Crippen LogP contribution in [0.3, 0.4) is 0 Å². The van der Waals surface area contributed by atoms with Gasteiger partial charge in [-0.15, -0.1) is 24.0 Å². The summed E-state index contributed by atoms with van der Waals surface area (Å²) in [5.74, 6) is 1.37. The highest BCUT2D eigenvalue weighted by Gasteiger charge is 2.04. The zero-order valence-electron chi connectivity index (χ0n) is 15.7. The standard InChI is InChI=1S/C19H25ClN4O3.HI/c1-21-19(23-9-3-12-26-14-17-4-2-13-27-17)24-11-10-22-18(25)15-5-7-16(20)8-6-15;/h2,4-8,13H,3,9-12,14H2,1H3,(H,22,25)(H2,21,23,24);1H. The molecule has 9 heteroatoms. The number of aliphatic imine (C=N–C) groups is 1. The van der Waals surface area contributed by atoms with Crippen LogP contribution in [0, 0.1) is 0 Å². The van der Waals surface area contributed by atoms with E-state index in [-0.39, 0.29) is 29.9 Å². The number of amides is 1. The maximum Gasteiger partial charge on any atom is 0.251 e. The first-order chi connectivity index (χ1) is 13.2. The number of rotatable bonds is 10. The van der Waals surface area contributed by atoms with Crippen LogP contribution in [0.15, 0.2) is 52.1 Å². The van der Waals surface area contributed by atoms with Gasteiger partial charge in [0.1, 0.15) is 12.4 Å². The number of benzene rings is 1. The number of carbonyl (C=O) groups is 1. The molecule has 0 aliphatic heterocycles. The van der Waals surface area contributed by atoms with Crippen molar-refractivity contribution in [3.63, 3.8) is 0 Å². The van der Waals surface area contributed by atoms with Crippen molar-refractivity contribution < 1.29 is 13.9 Å². The number of halogens is 2. The predicted molar refractivity (Wildman–Crippen MR) is 122 cm³/mol. The van der Waals surface area contributed by atoms with Crippen LogP contribution >= 0.6 is 35.6 Å². The predicted octanol–water partition coefficient (Wildman–Crippen LogP) is 3.05. The van der Waals surface area contributed by atoms with Gasteiger partial charge < -0.3 is 25.1 Å². The van der Waals surface area contributed by atoms with Crippen LogP contribution in [0.1, 0.15) is 22.5 Å². The molecule has 0 bridgehead atoms. The highest BCUT2D eigenvalue weighted by Crippen LogP contribution is 2.09. The fourth-order valence-electron chi connectivity index (χ4n) is 2.23. The van der Waals surface area contributed by atoms with Gasteiger partial charge in [-0.05, 0) is 42.8 Å². The molecule has 0 aliphatic rings. The largest absolute Gasteiger partial charge is 0.467 e. The van der Waals surface area contributed by atoms with Crippen molar-refractivity contribution >= 4 is 47.4 Å². The second-order valence-corrected chi connectivity index (χ2v) is 6.11. The van der Waals surface area contributed by atoms with E-state index in [0.29, 0.717) is 42.8 Å². The van der Waals surface area contributed by atoms with Crippen molar-refractivity contribution in [3.05, 3.63) is 59.0 Å². The highest BCUT2D eigenvalue weighted by atomic mass is 127. The van der Waals surface area contributed by atoms with Crippen LogP contribution in [-0.4, -0.2) is 45.2 Å². The van der Waals surface area contributed by atoms with Crippen molar-refractivity contribution in [2.45, 2.75) is 13.0 Å². The average molecular weight is 521 g/mol. The van der Waals surface area contributed by atoms with E-state index in [1.54, 1.807) is 37.6 Å². The Labute approximate surface area is 187 Å². The molecule has 0 aliphatic carbocycles. The quantitative estimate of drug-likeness (QED) is 0.194. The Kier molecular flexibility index (Phi) is 12.3. The first kappa shape index (κ1) is 24.3. The number of carbonyl (C=O) groups excluding carboxylic acids is 1. The van der Waals surface area contributed by atoms with E-state index in [1.165, 1.54) is 0 Å². The third-order valence-electron chi connectivity index (χ3n) is 3.62. The van der Waals surface area contributed by atoms with E-state index in [0.717, 1.165) is 18.7 Å². The molecule has 2 rings (SSSR count). The van der Waals surface area contributed by atoms with Crippen LogP contribution < -0.4 is 16.0 Å². The minimum atomic E-state index is -0.134. The average Bonchev–Trinajstić information content (AvgIpc) is 3.20. The van der Waals surface area contributed by atoms with Gasteiger partial charge in [0.25, 0.3) is 5.91 Å². The molecule has 1 amide bonds. The second kappa shape index (κ2) is 14.3. The van der Waals surface area contributed by atoms with E-state index >= 15 is 0 Å². The number of nitrogens with one attached hydrogen (secondary N) is 3. The minimum absolute atomic E-state index is 0. The lowest BCUT2D eigenvalue weighted by Crippen LogP contribution is -2.42. The summed E-state index contributed by atoms with van der Waals surface area (Å²) in [7, 11) is 1.70. The smallest absolute Gasteiger partial charge is 0.251 e. The Morgan fingerprint density at radius 2 is 1.82 bits per heavy atom. The van der Waals surface area contributed by atoms with Gasteiger partial charge in [0.15, 0.2) is 5.96 Å². The molecular formula is C19H26ClIN4O3. The molecule has 0 saturated carbocycles. The number of nitrogens with zero attached hydrogens (tertiary/aromatic N) is 1. The maximum absolute atomic E-state index is 12.0. The summed E-state index contributed by atoms with van der Waals surface area (Å²) in [6.45, 7) is 2.88. The van der Waals surface area contributed by atoms with Crippen molar-refractivity contribution in [1.82, 2.24) is 16.0 Å². The molecule has 0 atom stereocenters. The van der Waals surface area contributed by atoms with Crippen LogP contribution in [0.4, 0.5) is 0 Å². The third-order valence-corrected chi connectivity index (χ3v) is 3.87. The Balaban J connectivity index is 0.00000392. The lowest BCUT2D eigenvalue weighted by molar-refractivity contribution is 0.0954. The van der Waals surface area contributed by atoms with Gasteiger partial charge >= 0.3 is 0 Å². The van der Waals surface area contributed by atoms with E-state index in [2.05, 4.69) is 20.9 Å². The van der Waals surface area contributed by atoms with E-state index in [1.807, 2.05) is 12.1 Å². The molecule has 2 aromatic rings. The molecule has 1 aromatic carbocycles. The van der Waals surface area contributed by atoms with E-state index in [4.69, 9.17) is 20.8 Å². The molecule has 3 N–H and O–H groups in total. The molecule has 0 unspecified atom stereocenters. The zero-order chi connectivity index (χ0) is 19.3. The Morgan fingerprint density at radius 1 is 1.11 bits per heavy atom. The lowest BCUT2D eigenvalue weighted by Gasteiger charge is -2.12. The summed E-state index contributed by atoms with van der Waals surface area (Å²) >= 11 is 5.81. The summed E-state index contributed by atoms with van der Waals surface area (Å²) in [6, 6.07) is 10.5. The van der Waals surface area contributed by atoms with Crippen LogP contribution in [-0.2, 0) is 11.3 Å². The second-order valence-electron chi connectivity index (χ2n) is 5.67. The topological polar surface area (TPSA) is 87.9 Å². The summed E-state index contributed by atoms with van der Waals surface area (Å²) in [6.07, 6.45) is 2.47. The highest BCUT2D eigenvalue weighted by molar-refractivity contribution is 14.0. The van der Waals surface area contributed by atoms with Gasteiger partial charge in [0, 0.05) is 43.9 Å². The molecule has 0 fully saturated rings. The monoisotopic (exact) mass is 520 g/mol. The summed E-state index contributed by atoms with van der Waals surface area (Å²) in [4.78, 5) is 16.1. The zero-order valence-corrected chi connectivity index (χ0v) is 18.8. The third kappa shape index (κ3) is 9.43. The number of ether oxygens (including phenoxy) is 1. The van der Waals surface area contributed by atoms with Gasteiger partial charge in [0.2, 0.25) is 0 Å². The van der Waals surface area contributed by atoms with Crippen molar-refractivity contribution in [2.24, 2.45) is 4.99 Å². The van der Waals surface area contributed by atoms with E-state index in [9.17, 15) is 4.79 Å². The summed E-state index contributed by atoms with van der Waals surface area (Å²) in [5, 5.41) is 9.79. The number of hydrogen-bond donors (Lipinski definition) is 3. The van der Waals surface area contributed by atoms with Gasteiger partial charge in [0.05, 0.1) is 6.26 Å². The lowest BCUT2D eigenvalue weighted by atomic mass is 10.2. The maximum atomic E-state index is 12.0. The molecule has 1 heterocycles. The van der Waals surface area contributed by atoms with Crippen LogP contribution in [0.25, 0.3) is 0 Å². The molecule has 0 spiro atoms. The van der Waals surface area contributed by atoms with Gasteiger partial charge in [-0.1, -0.05) is 11.6 Å². The number of furan rings is 1. The molecule has 1 aromatic heterocycles. The van der Waals surface area contributed by atoms with Crippen molar-refractivity contribution in [3.8, 4) is 0 Å². The first-order valence-corrected chi connectivity index (χ1v) is 9.15. The Morgan fingerprint density at radius 3 is 2.50 bits per heavy atom. The SMILES string of the molecule is CN=C(NCCCOCc1ccco1)NCCNC(=O)c1ccc(Cl)cc1.I.